The van der Waals surface area contributed by atoms with Crippen molar-refractivity contribution in [3.8, 4) is 0 Å². The first-order valence-electron chi connectivity index (χ1n) is 5.36. The molecule has 92 valence electrons. The van der Waals surface area contributed by atoms with Crippen molar-refractivity contribution >= 4 is 0 Å². The fraction of sp³-hybridized carbons (Fsp3) is 0.800. The average Bonchev–Trinajstić information content (AvgIpc) is 2.63. The van der Waals surface area contributed by atoms with Gasteiger partial charge in [-0.3, -0.25) is 0 Å². The fourth-order valence-electron chi connectivity index (χ4n) is 1.17. The molecule has 1 aromatic rings. The van der Waals surface area contributed by atoms with Gasteiger partial charge in [0.15, 0.2) is 0 Å². The van der Waals surface area contributed by atoms with E-state index in [1.807, 2.05) is 13.8 Å². The van der Waals surface area contributed by atoms with Crippen LogP contribution >= 0.6 is 0 Å². The lowest BCUT2D eigenvalue weighted by Gasteiger charge is -2.12. The summed E-state index contributed by atoms with van der Waals surface area (Å²) in [7, 11) is 0. The summed E-state index contributed by atoms with van der Waals surface area (Å²) in [5, 5.41) is 26.4. The second-order valence-electron chi connectivity index (χ2n) is 4.08. The molecule has 0 amide bonds. The minimum atomic E-state index is -0.641. The van der Waals surface area contributed by atoms with Crippen molar-refractivity contribution in [2.75, 3.05) is 6.61 Å². The molecule has 0 spiro atoms. The molecule has 16 heavy (non-hydrogen) atoms. The van der Waals surface area contributed by atoms with Gasteiger partial charge >= 0.3 is 0 Å². The first-order valence-corrected chi connectivity index (χ1v) is 5.36. The van der Waals surface area contributed by atoms with E-state index in [4.69, 9.17) is 4.74 Å². The highest BCUT2D eigenvalue weighted by Crippen LogP contribution is 2.06. The Labute approximate surface area is 94.8 Å². The van der Waals surface area contributed by atoms with Crippen molar-refractivity contribution < 1.29 is 14.9 Å². The van der Waals surface area contributed by atoms with Gasteiger partial charge in [0.25, 0.3) is 0 Å². The standard InChI is InChI=1S/C10H19N3O3/c1-7(2)16-6-9(15)4-13-5-10(8(3)14)11-12-13/h5,7-9,14-15H,4,6H2,1-3H3. The molecular weight excluding hydrogens is 210 g/mol. The molecule has 0 aliphatic carbocycles. The van der Waals surface area contributed by atoms with Crippen molar-refractivity contribution in [3.05, 3.63) is 11.9 Å². The summed E-state index contributed by atoms with van der Waals surface area (Å²) in [6, 6.07) is 0. The van der Waals surface area contributed by atoms with E-state index in [0.717, 1.165) is 0 Å². The summed E-state index contributed by atoms with van der Waals surface area (Å²) in [5.41, 5.74) is 0.497. The summed E-state index contributed by atoms with van der Waals surface area (Å²) in [4.78, 5) is 0. The van der Waals surface area contributed by atoms with Gasteiger partial charge < -0.3 is 14.9 Å². The van der Waals surface area contributed by atoms with Crippen LogP contribution in [0.5, 0.6) is 0 Å². The monoisotopic (exact) mass is 229 g/mol. The molecule has 2 N–H and O–H groups in total. The highest BCUT2D eigenvalue weighted by Gasteiger charge is 2.10. The van der Waals surface area contributed by atoms with Crippen molar-refractivity contribution in [2.45, 2.75) is 45.6 Å². The number of hydrogen-bond donors (Lipinski definition) is 2. The van der Waals surface area contributed by atoms with Crippen LogP contribution in [0.2, 0.25) is 0 Å². The number of hydrogen-bond acceptors (Lipinski definition) is 5. The topological polar surface area (TPSA) is 80.4 Å². The predicted octanol–water partition coefficient (Wildman–Crippen LogP) is 0.117. The predicted molar refractivity (Wildman–Crippen MR) is 57.8 cm³/mol. The highest BCUT2D eigenvalue weighted by atomic mass is 16.5. The number of aliphatic hydroxyl groups excluding tert-OH is 2. The zero-order valence-electron chi connectivity index (χ0n) is 9.87. The maximum Gasteiger partial charge on any atom is 0.111 e. The number of aromatic nitrogens is 3. The lowest BCUT2D eigenvalue weighted by Crippen LogP contribution is -2.24. The molecule has 0 bridgehead atoms. The van der Waals surface area contributed by atoms with Crippen LogP contribution in [0, 0.1) is 0 Å². The summed E-state index contributed by atoms with van der Waals surface area (Å²) in [6.07, 6.45) is 0.450. The lowest BCUT2D eigenvalue weighted by atomic mass is 10.3. The Hall–Kier alpha value is -0.980. The highest BCUT2D eigenvalue weighted by molar-refractivity contribution is 4.95. The van der Waals surface area contributed by atoms with E-state index in [1.165, 1.54) is 4.68 Å². The second-order valence-corrected chi connectivity index (χ2v) is 4.08. The summed E-state index contributed by atoms with van der Waals surface area (Å²) >= 11 is 0. The van der Waals surface area contributed by atoms with Crippen molar-refractivity contribution in [2.24, 2.45) is 0 Å². The summed E-state index contributed by atoms with van der Waals surface area (Å²) < 4.78 is 6.77. The smallest absolute Gasteiger partial charge is 0.111 e. The SMILES string of the molecule is CC(C)OCC(O)Cn1cc(C(C)O)nn1. The maximum absolute atomic E-state index is 9.62. The molecule has 0 saturated heterocycles. The van der Waals surface area contributed by atoms with Crippen molar-refractivity contribution in [1.82, 2.24) is 15.0 Å². The minimum Gasteiger partial charge on any atom is -0.389 e. The molecule has 0 fully saturated rings. The molecule has 0 aliphatic rings. The van der Waals surface area contributed by atoms with Gasteiger partial charge in [-0.05, 0) is 20.8 Å². The van der Waals surface area contributed by atoms with Crippen LogP contribution in [0.15, 0.2) is 6.20 Å². The van der Waals surface area contributed by atoms with Crippen LogP contribution in [-0.4, -0.2) is 44.0 Å². The Bertz CT molecular complexity index is 312. The lowest BCUT2D eigenvalue weighted by molar-refractivity contribution is -0.00222. The molecule has 6 nitrogen and oxygen atoms in total. The molecule has 6 heteroatoms. The third-order valence-corrected chi connectivity index (χ3v) is 2.00. The molecule has 0 radical (unpaired) electrons. The number of aliphatic hydroxyl groups is 2. The molecule has 1 aromatic heterocycles. The molecule has 2 unspecified atom stereocenters. The third kappa shape index (κ3) is 4.26. The average molecular weight is 229 g/mol. The summed E-state index contributed by atoms with van der Waals surface area (Å²) in [6.45, 7) is 6.02. The van der Waals surface area contributed by atoms with Gasteiger partial charge in [0, 0.05) is 0 Å². The molecular formula is C10H19N3O3. The molecule has 2 atom stereocenters. The zero-order valence-corrected chi connectivity index (χ0v) is 9.87. The Kier molecular flexibility index (Phi) is 4.85. The Morgan fingerprint density at radius 2 is 2.06 bits per heavy atom. The number of ether oxygens (including phenoxy) is 1. The molecule has 0 aromatic carbocycles. The summed E-state index contributed by atoms with van der Waals surface area (Å²) in [5.74, 6) is 0. The first kappa shape index (κ1) is 13.1. The van der Waals surface area contributed by atoms with Crippen molar-refractivity contribution in [3.63, 3.8) is 0 Å². The Morgan fingerprint density at radius 1 is 1.38 bits per heavy atom. The Morgan fingerprint density at radius 3 is 2.56 bits per heavy atom. The second kappa shape index (κ2) is 5.93. The largest absolute Gasteiger partial charge is 0.389 e. The third-order valence-electron chi connectivity index (χ3n) is 2.00. The van der Waals surface area contributed by atoms with E-state index < -0.39 is 12.2 Å². The van der Waals surface area contributed by atoms with E-state index in [1.54, 1.807) is 13.1 Å². The van der Waals surface area contributed by atoms with Gasteiger partial charge in [-0.1, -0.05) is 5.21 Å². The van der Waals surface area contributed by atoms with Crippen LogP contribution in [0.3, 0.4) is 0 Å². The van der Waals surface area contributed by atoms with Crippen molar-refractivity contribution in [1.29, 1.82) is 0 Å². The molecule has 0 aliphatic heterocycles. The van der Waals surface area contributed by atoms with Crippen LogP contribution in [0.25, 0.3) is 0 Å². The minimum absolute atomic E-state index is 0.0958. The maximum atomic E-state index is 9.62. The quantitative estimate of drug-likeness (QED) is 0.724. The van der Waals surface area contributed by atoms with Gasteiger partial charge in [0.2, 0.25) is 0 Å². The van der Waals surface area contributed by atoms with E-state index in [2.05, 4.69) is 10.3 Å². The normalized spacial score (nSPS) is 15.4. The van der Waals surface area contributed by atoms with Crippen LogP contribution in [0.1, 0.15) is 32.6 Å². The zero-order chi connectivity index (χ0) is 12.1. The van der Waals surface area contributed by atoms with Gasteiger partial charge in [-0.25, -0.2) is 4.68 Å². The van der Waals surface area contributed by atoms with Crippen LogP contribution < -0.4 is 0 Å². The number of rotatable bonds is 6. The number of nitrogens with zero attached hydrogens (tertiary/aromatic N) is 3. The van der Waals surface area contributed by atoms with Crippen LogP contribution in [0.4, 0.5) is 0 Å². The van der Waals surface area contributed by atoms with Gasteiger partial charge in [-0.2, -0.15) is 0 Å². The fourth-order valence-corrected chi connectivity index (χ4v) is 1.17. The van der Waals surface area contributed by atoms with E-state index in [0.29, 0.717) is 12.2 Å². The first-order chi connectivity index (χ1) is 7.49. The molecule has 1 heterocycles. The van der Waals surface area contributed by atoms with Gasteiger partial charge in [0.05, 0.1) is 37.7 Å². The van der Waals surface area contributed by atoms with E-state index in [-0.39, 0.29) is 12.7 Å². The van der Waals surface area contributed by atoms with E-state index >= 15 is 0 Å². The van der Waals surface area contributed by atoms with Crippen LogP contribution in [-0.2, 0) is 11.3 Å². The van der Waals surface area contributed by atoms with Gasteiger partial charge in [-0.15, -0.1) is 5.10 Å². The molecule has 0 saturated carbocycles. The van der Waals surface area contributed by atoms with Gasteiger partial charge in [0.1, 0.15) is 5.69 Å². The van der Waals surface area contributed by atoms with E-state index in [9.17, 15) is 10.2 Å². The Balaban J connectivity index is 2.40. The molecule has 1 rings (SSSR count).